The van der Waals surface area contributed by atoms with Gasteiger partial charge in [-0.05, 0) is 48.5 Å². The van der Waals surface area contributed by atoms with Crippen LogP contribution in [0.3, 0.4) is 0 Å². The van der Waals surface area contributed by atoms with E-state index in [2.05, 4.69) is 30.1 Å². The van der Waals surface area contributed by atoms with Gasteiger partial charge in [0.2, 0.25) is 0 Å². The van der Waals surface area contributed by atoms with Crippen molar-refractivity contribution < 1.29 is 22.3 Å². The number of aromatic nitrogens is 7. The third kappa shape index (κ3) is 4.46. The molecule has 0 spiro atoms. The van der Waals surface area contributed by atoms with Crippen molar-refractivity contribution in [3.05, 3.63) is 88.2 Å². The molecule has 2 N–H and O–H groups in total. The molecule has 0 aliphatic carbocycles. The van der Waals surface area contributed by atoms with Crippen LogP contribution >= 0.6 is 0 Å². The Hall–Kier alpha value is -5.45. The van der Waals surface area contributed by atoms with Crippen molar-refractivity contribution in [1.82, 2.24) is 34.7 Å². The van der Waals surface area contributed by atoms with E-state index in [0.29, 0.717) is 33.5 Å². The Labute approximate surface area is 214 Å². The second kappa shape index (κ2) is 8.84. The number of nitrogens with one attached hydrogen (secondary N) is 2. The minimum absolute atomic E-state index is 0.000398. The van der Waals surface area contributed by atoms with Gasteiger partial charge < -0.3 is 14.7 Å². The number of hydrogen-bond donors (Lipinski definition) is 2. The fraction of sp³-hybridized carbons (Fsp3) is 0.0800. The molecule has 6 rings (SSSR count). The number of rotatable bonds is 5. The van der Waals surface area contributed by atoms with Crippen molar-refractivity contribution in [1.29, 1.82) is 5.26 Å². The molecule has 6 aromatic rings. The molecule has 14 heteroatoms. The topological polar surface area (TPSA) is 130 Å². The van der Waals surface area contributed by atoms with E-state index >= 15 is 4.39 Å². The van der Waals surface area contributed by atoms with Gasteiger partial charge in [0.1, 0.15) is 11.3 Å². The largest absolute Gasteiger partial charge is 0.573 e. The molecular formula is C25H14F4N8O2. The van der Waals surface area contributed by atoms with Gasteiger partial charge in [0.15, 0.2) is 5.82 Å². The number of ether oxygens (including phenoxy) is 1. The van der Waals surface area contributed by atoms with Crippen molar-refractivity contribution >= 4 is 22.1 Å². The molecule has 39 heavy (non-hydrogen) atoms. The van der Waals surface area contributed by atoms with Gasteiger partial charge in [-0.25, -0.2) is 13.9 Å². The van der Waals surface area contributed by atoms with Gasteiger partial charge in [-0.3, -0.25) is 4.68 Å². The average Bonchev–Trinajstić information content (AvgIpc) is 3.61. The monoisotopic (exact) mass is 534 g/mol. The molecule has 0 bridgehead atoms. The Kier molecular flexibility index (Phi) is 5.42. The lowest BCUT2D eigenvalue weighted by Gasteiger charge is -2.15. The molecule has 3 aromatic heterocycles. The average molecular weight is 534 g/mol. The number of H-pyrrole nitrogens is 2. The van der Waals surface area contributed by atoms with Crippen LogP contribution in [0.5, 0.6) is 5.75 Å². The predicted octanol–water partition coefficient (Wildman–Crippen LogP) is 4.41. The van der Waals surface area contributed by atoms with Crippen molar-refractivity contribution in [2.24, 2.45) is 0 Å². The number of halogens is 4. The van der Waals surface area contributed by atoms with Gasteiger partial charge in [0.05, 0.1) is 46.1 Å². The number of imidazole rings is 1. The highest BCUT2D eigenvalue weighted by Gasteiger charge is 2.32. The van der Waals surface area contributed by atoms with E-state index in [1.807, 2.05) is 0 Å². The maximum atomic E-state index is 15.1. The number of hydrogen-bond acceptors (Lipinski definition) is 6. The first-order valence-electron chi connectivity index (χ1n) is 11.3. The van der Waals surface area contributed by atoms with E-state index in [0.717, 1.165) is 6.07 Å². The SMILES string of the molecule is N#Cc1ccc(Cn2nccc2-c2cc(F)c3nnn(-c4ccc5[nH]c(=O)[nH]c5c4)c3c2)c(OC(F)(F)F)c1. The Bertz CT molecular complexity index is 1980. The molecule has 0 saturated carbocycles. The third-order valence-electron chi connectivity index (χ3n) is 6.00. The van der Waals surface area contributed by atoms with Gasteiger partial charge in [-0.15, -0.1) is 18.3 Å². The van der Waals surface area contributed by atoms with E-state index in [9.17, 15) is 18.0 Å². The number of alkyl halides is 3. The maximum absolute atomic E-state index is 15.1. The van der Waals surface area contributed by atoms with Gasteiger partial charge in [0, 0.05) is 17.3 Å². The summed E-state index contributed by atoms with van der Waals surface area (Å²) in [6.07, 6.45) is -3.54. The summed E-state index contributed by atoms with van der Waals surface area (Å²) in [5.74, 6) is -1.21. The van der Waals surface area contributed by atoms with Gasteiger partial charge in [0.25, 0.3) is 0 Å². The molecule has 0 fully saturated rings. The normalized spacial score (nSPS) is 11.8. The summed E-state index contributed by atoms with van der Waals surface area (Å²) in [7, 11) is 0. The molecule has 3 heterocycles. The molecule has 0 aliphatic rings. The first kappa shape index (κ1) is 23.9. The van der Waals surface area contributed by atoms with E-state index in [4.69, 9.17) is 5.26 Å². The van der Waals surface area contributed by atoms with Gasteiger partial charge >= 0.3 is 12.1 Å². The standard InChI is InChI=1S/C25H14F4N8O2/c26-17-8-15(9-21-23(17)34-35-37(21)16-3-4-18-19(10-16)33-24(38)32-18)20-5-6-31-36(20)12-14-2-1-13(11-30)7-22(14)39-25(27,28)29/h1-10H,12H2,(H2,32,33,38). The Morgan fingerprint density at radius 1 is 1.03 bits per heavy atom. The molecule has 10 nitrogen and oxygen atoms in total. The molecule has 0 amide bonds. The smallest absolute Gasteiger partial charge is 0.405 e. The lowest BCUT2D eigenvalue weighted by molar-refractivity contribution is -0.274. The van der Waals surface area contributed by atoms with Crippen molar-refractivity contribution in [2.45, 2.75) is 12.9 Å². The van der Waals surface area contributed by atoms with Crippen LogP contribution in [0.4, 0.5) is 17.6 Å². The zero-order valence-electron chi connectivity index (χ0n) is 19.5. The summed E-state index contributed by atoms with van der Waals surface area (Å²) in [6.45, 7) is -0.159. The molecule has 0 atom stereocenters. The van der Waals surface area contributed by atoms with Crippen molar-refractivity contribution in [3.8, 4) is 28.8 Å². The number of benzene rings is 3. The fourth-order valence-corrected chi connectivity index (χ4v) is 4.31. The first-order chi connectivity index (χ1) is 18.7. The number of nitrogens with zero attached hydrogens (tertiary/aromatic N) is 6. The highest BCUT2D eigenvalue weighted by molar-refractivity contribution is 5.84. The maximum Gasteiger partial charge on any atom is 0.573 e. The second-order valence-corrected chi connectivity index (χ2v) is 8.49. The molecule has 0 aliphatic heterocycles. The third-order valence-corrected chi connectivity index (χ3v) is 6.00. The molecular weight excluding hydrogens is 520 g/mol. The molecule has 0 radical (unpaired) electrons. The number of aromatic amines is 2. The van der Waals surface area contributed by atoms with Crippen LogP contribution in [0, 0.1) is 17.1 Å². The quantitative estimate of drug-likeness (QED) is 0.315. The van der Waals surface area contributed by atoms with Crippen LogP contribution < -0.4 is 10.4 Å². The Morgan fingerprint density at radius 3 is 2.64 bits per heavy atom. The fourth-order valence-electron chi connectivity index (χ4n) is 4.31. The van der Waals surface area contributed by atoms with Crippen molar-refractivity contribution in [3.63, 3.8) is 0 Å². The van der Waals surface area contributed by atoms with Gasteiger partial charge in [-0.2, -0.15) is 10.4 Å². The highest BCUT2D eigenvalue weighted by Crippen LogP contribution is 2.31. The lowest BCUT2D eigenvalue weighted by Crippen LogP contribution is -2.19. The van der Waals surface area contributed by atoms with Crippen LogP contribution in [-0.4, -0.2) is 41.1 Å². The van der Waals surface area contributed by atoms with Crippen LogP contribution in [0.15, 0.2) is 65.6 Å². The highest BCUT2D eigenvalue weighted by atomic mass is 19.4. The molecule has 194 valence electrons. The summed E-state index contributed by atoms with van der Waals surface area (Å²) < 4.78 is 61.1. The predicted molar refractivity (Wildman–Crippen MR) is 129 cm³/mol. The molecule has 3 aromatic carbocycles. The van der Waals surface area contributed by atoms with E-state index in [1.165, 1.54) is 33.8 Å². The van der Waals surface area contributed by atoms with Crippen LogP contribution in [0.1, 0.15) is 11.1 Å². The van der Waals surface area contributed by atoms with E-state index in [-0.39, 0.29) is 28.9 Å². The van der Waals surface area contributed by atoms with E-state index < -0.39 is 17.9 Å². The van der Waals surface area contributed by atoms with Gasteiger partial charge in [-0.1, -0.05) is 11.3 Å². The summed E-state index contributed by atoms with van der Waals surface area (Å²) in [6, 6.07) is 14.9. The first-order valence-corrected chi connectivity index (χ1v) is 11.3. The zero-order chi connectivity index (χ0) is 27.3. The Morgan fingerprint density at radius 2 is 1.85 bits per heavy atom. The molecule has 0 unspecified atom stereocenters. The number of fused-ring (bicyclic) bond motifs is 2. The summed E-state index contributed by atoms with van der Waals surface area (Å²) in [5, 5.41) is 21.3. The van der Waals surface area contributed by atoms with Crippen LogP contribution in [-0.2, 0) is 6.54 Å². The van der Waals surface area contributed by atoms with E-state index in [1.54, 1.807) is 36.4 Å². The van der Waals surface area contributed by atoms with Crippen molar-refractivity contribution in [2.75, 3.05) is 0 Å². The minimum Gasteiger partial charge on any atom is -0.405 e. The second-order valence-electron chi connectivity index (χ2n) is 8.49. The Balaban J connectivity index is 1.42. The molecule has 0 saturated heterocycles. The van der Waals surface area contributed by atoms with Crippen LogP contribution in [0.2, 0.25) is 0 Å². The van der Waals surface area contributed by atoms with Crippen LogP contribution in [0.25, 0.3) is 39.0 Å². The number of nitriles is 1. The summed E-state index contributed by atoms with van der Waals surface area (Å²) in [4.78, 5) is 16.9. The summed E-state index contributed by atoms with van der Waals surface area (Å²) >= 11 is 0. The zero-order valence-corrected chi connectivity index (χ0v) is 19.5. The lowest BCUT2D eigenvalue weighted by atomic mass is 10.1. The minimum atomic E-state index is -4.97. The summed E-state index contributed by atoms with van der Waals surface area (Å²) in [5.41, 5.74) is 2.42.